The first-order valence-corrected chi connectivity index (χ1v) is 13.7. The molecule has 3 aromatic heterocycles. The highest BCUT2D eigenvalue weighted by atomic mass is 19.1. The van der Waals surface area contributed by atoms with E-state index in [1.807, 2.05) is 22.8 Å². The summed E-state index contributed by atoms with van der Waals surface area (Å²) >= 11 is 0. The van der Waals surface area contributed by atoms with Crippen LogP contribution in [0.4, 0.5) is 10.2 Å². The van der Waals surface area contributed by atoms with Crippen molar-refractivity contribution in [2.24, 2.45) is 5.92 Å². The zero-order valence-corrected chi connectivity index (χ0v) is 22.4. The molecule has 1 atom stereocenters. The number of ether oxygens (including phenoxy) is 2. The minimum Gasteiger partial charge on any atom is -0.478 e. The average Bonchev–Trinajstić information content (AvgIpc) is 3.32. The highest BCUT2D eigenvalue weighted by molar-refractivity contribution is 5.93. The predicted molar refractivity (Wildman–Crippen MR) is 147 cm³/mol. The minimum atomic E-state index is -1.29. The third kappa shape index (κ3) is 5.69. The molecule has 0 aliphatic carbocycles. The van der Waals surface area contributed by atoms with Gasteiger partial charge in [-0.15, -0.1) is 0 Å². The number of anilines is 1. The fourth-order valence-electron chi connectivity index (χ4n) is 5.39. The zero-order chi connectivity index (χ0) is 28.3. The van der Waals surface area contributed by atoms with E-state index in [-0.39, 0.29) is 23.8 Å². The number of imidazole rings is 1. The van der Waals surface area contributed by atoms with E-state index < -0.39 is 11.8 Å². The van der Waals surface area contributed by atoms with Crippen molar-refractivity contribution in [2.45, 2.75) is 44.9 Å². The van der Waals surface area contributed by atoms with Gasteiger partial charge in [0.2, 0.25) is 5.88 Å². The second-order valence-electron chi connectivity index (χ2n) is 10.4. The molecule has 41 heavy (non-hydrogen) atoms. The molecule has 2 aliphatic rings. The van der Waals surface area contributed by atoms with Gasteiger partial charge in [-0.05, 0) is 55.5 Å². The first kappa shape index (κ1) is 26.7. The summed E-state index contributed by atoms with van der Waals surface area (Å²) < 4.78 is 28.6. The molecule has 2 aliphatic heterocycles. The maximum Gasteiger partial charge on any atom is 0.338 e. The predicted octanol–water partition coefficient (Wildman–Crippen LogP) is 4.36. The summed E-state index contributed by atoms with van der Waals surface area (Å²) in [6.07, 6.45) is 4.88. The van der Waals surface area contributed by atoms with Crippen LogP contribution in [-0.4, -0.2) is 56.4 Å². The summed E-state index contributed by atoms with van der Waals surface area (Å²) in [7, 11) is 0. The van der Waals surface area contributed by atoms with Gasteiger partial charge in [-0.25, -0.2) is 14.2 Å². The molecule has 0 spiro atoms. The van der Waals surface area contributed by atoms with Crippen LogP contribution in [0.5, 0.6) is 5.88 Å². The summed E-state index contributed by atoms with van der Waals surface area (Å²) in [4.78, 5) is 27.4. The van der Waals surface area contributed by atoms with Gasteiger partial charge in [-0.1, -0.05) is 6.07 Å². The monoisotopic (exact) mass is 556 g/mol. The largest absolute Gasteiger partial charge is 0.478 e. The molecule has 10 nitrogen and oxygen atoms in total. The van der Waals surface area contributed by atoms with Gasteiger partial charge in [0.25, 0.3) is 0 Å². The number of carboxylic acid groups (broad SMARTS) is 1. The van der Waals surface area contributed by atoms with Gasteiger partial charge in [0.15, 0.2) is 5.82 Å². The molecule has 2 fully saturated rings. The molecule has 0 radical (unpaired) electrons. The van der Waals surface area contributed by atoms with Crippen molar-refractivity contribution in [3.05, 3.63) is 77.1 Å². The number of carbonyl (C=O) groups is 1. The van der Waals surface area contributed by atoms with Gasteiger partial charge in [0.05, 0.1) is 35.0 Å². The van der Waals surface area contributed by atoms with E-state index in [4.69, 9.17) is 19.7 Å². The smallest absolute Gasteiger partial charge is 0.338 e. The molecule has 11 heteroatoms. The van der Waals surface area contributed by atoms with E-state index >= 15 is 4.39 Å². The van der Waals surface area contributed by atoms with Crippen LogP contribution in [0.3, 0.4) is 0 Å². The number of nitriles is 1. The summed E-state index contributed by atoms with van der Waals surface area (Å²) in [6.45, 7) is 3.01. The number of benzene rings is 1. The molecule has 1 unspecified atom stereocenters. The summed E-state index contributed by atoms with van der Waals surface area (Å²) in [6, 6.07) is 14.1. The number of pyridine rings is 2. The number of aromatic nitrogens is 4. The number of aromatic carboxylic acids is 1. The van der Waals surface area contributed by atoms with Crippen LogP contribution in [0.25, 0.3) is 11.0 Å². The average molecular weight is 557 g/mol. The number of hydrogen-bond donors (Lipinski definition) is 1. The van der Waals surface area contributed by atoms with Crippen LogP contribution in [0.1, 0.15) is 46.7 Å². The molecule has 0 amide bonds. The molecular weight excluding hydrogens is 527 g/mol. The molecule has 6 rings (SSSR count). The molecule has 0 bridgehead atoms. The standard InChI is InChI=1S/C30H29FN6O4/c31-28-23(30(38)39)6-7-24-29(28)37(17-22-10-13-40-22)26(34-24)14-19-8-11-36(12-9-19)25-2-1-3-27(35-25)41-18-21-5-4-20(15-32)16-33-21/h1-7,16,19,22H,8-14,17-18H2,(H,38,39). The van der Waals surface area contributed by atoms with E-state index in [0.717, 1.165) is 44.0 Å². The number of halogens is 1. The Morgan fingerprint density at radius 2 is 1.98 bits per heavy atom. The Morgan fingerprint density at radius 1 is 1.15 bits per heavy atom. The van der Waals surface area contributed by atoms with E-state index in [0.29, 0.717) is 48.1 Å². The van der Waals surface area contributed by atoms with Crippen molar-refractivity contribution >= 4 is 22.8 Å². The molecule has 0 saturated carbocycles. The number of rotatable bonds is 9. The number of piperidine rings is 1. The lowest BCUT2D eigenvalue weighted by Gasteiger charge is -2.33. The van der Waals surface area contributed by atoms with Gasteiger partial charge in [0.1, 0.15) is 29.8 Å². The van der Waals surface area contributed by atoms with Crippen LogP contribution >= 0.6 is 0 Å². The Labute approximate surface area is 236 Å². The van der Waals surface area contributed by atoms with Crippen LogP contribution in [-0.2, 0) is 24.3 Å². The quantitative estimate of drug-likeness (QED) is 0.320. The van der Waals surface area contributed by atoms with Gasteiger partial charge in [-0.2, -0.15) is 10.2 Å². The number of nitrogens with zero attached hydrogens (tertiary/aromatic N) is 6. The lowest BCUT2D eigenvalue weighted by Crippen LogP contribution is -2.35. The minimum absolute atomic E-state index is 0.0193. The number of hydrogen-bond acceptors (Lipinski definition) is 8. The maximum absolute atomic E-state index is 15.3. The Bertz CT molecular complexity index is 1600. The Balaban J connectivity index is 1.12. The third-order valence-electron chi connectivity index (χ3n) is 7.78. The fraction of sp³-hybridized carbons (Fsp3) is 0.367. The van der Waals surface area contributed by atoms with Crippen molar-refractivity contribution in [3.63, 3.8) is 0 Å². The fourth-order valence-corrected chi connectivity index (χ4v) is 5.39. The molecular formula is C30H29FN6O4. The van der Waals surface area contributed by atoms with Crippen LogP contribution in [0.15, 0.2) is 48.7 Å². The molecule has 5 heterocycles. The molecule has 4 aromatic rings. The summed E-state index contributed by atoms with van der Waals surface area (Å²) in [5.41, 5.74) is 1.58. The molecule has 1 N–H and O–H groups in total. The van der Waals surface area contributed by atoms with Gasteiger partial charge in [-0.3, -0.25) is 4.98 Å². The SMILES string of the molecule is N#Cc1ccc(COc2cccc(N3CCC(Cc4nc5ccc(C(=O)O)c(F)c5n4CC4CCO4)CC3)n2)nc1. The lowest BCUT2D eigenvalue weighted by atomic mass is 9.93. The van der Waals surface area contributed by atoms with Crippen LogP contribution in [0.2, 0.25) is 0 Å². The van der Waals surface area contributed by atoms with Crippen LogP contribution in [0, 0.1) is 23.1 Å². The highest BCUT2D eigenvalue weighted by Gasteiger charge is 2.28. The van der Waals surface area contributed by atoms with E-state index in [9.17, 15) is 9.90 Å². The van der Waals surface area contributed by atoms with Crippen molar-refractivity contribution in [1.29, 1.82) is 5.26 Å². The summed E-state index contributed by atoms with van der Waals surface area (Å²) in [5.74, 6) is 0.413. The van der Waals surface area contributed by atoms with Crippen molar-refractivity contribution in [3.8, 4) is 11.9 Å². The van der Waals surface area contributed by atoms with E-state index in [1.54, 1.807) is 18.2 Å². The second-order valence-corrected chi connectivity index (χ2v) is 10.4. The first-order valence-electron chi connectivity index (χ1n) is 13.7. The number of fused-ring (bicyclic) bond motifs is 1. The Morgan fingerprint density at radius 3 is 2.66 bits per heavy atom. The Hall–Kier alpha value is -4.56. The highest BCUT2D eigenvalue weighted by Crippen LogP contribution is 2.30. The lowest BCUT2D eigenvalue weighted by molar-refractivity contribution is -0.0591. The topological polar surface area (TPSA) is 126 Å². The van der Waals surface area contributed by atoms with Gasteiger partial charge >= 0.3 is 5.97 Å². The van der Waals surface area contributed by atoms with Crippen molar-refractivity contribution in [1.82, 2.24) is 19.5 Å². The molecule has 1 aromatic carbocycles. The normalized spacial score (nSPS) is 17.3. The van der Waals surface area contributed by atoms with E-state index in [1.165, 1.54) is 12.3 Å². The van der Waals surface area contributed by atoms with Gasteiger partial charge in [0, 0.05) is 38.4 Å². The number of carboxylic acids is 1. The van der Waals surface area contributed by atoms with E-state index in [2.05, 4.69) is 20.9 Å². The molecule has 2 saturated heterocycles. The zero-order valence-electron chi connectivity index (χ0n) is 22.4. The second kappa shape index (κ2) is 11.5. The van der Waals surface area contributed by atoms with Gasteiger partial charge < -0.3 is 24.0 Å². The molecule has 210 valence electrons. The summed E-state index contributed by atoms with van der Waals surface area (Å²) in [5, 5.41) is 18.4. The first-order chi connectivity index (χ1) is 20.0. The third-order valence-corrected chi connectivity index (χ3v) is 7.78. The van der Waals surface area contributed by atoms with Crippen molar-refractivity contribution in [2.75, 3.05) is 24.6 Å². The maximum atomic E-state index is 15.3. The Kier molecular flexibility index (Phi) is 7.48. The van der Waals surface area contributed by atoms with Crippen LogP contribution < -0.4 is 9.64 Å². The van der Waals surface area contributed by atoms with Crippen molar-refractivity contribution < 1.29 is 23.8 Å².